The van der Waals surface area contributed by atoms with Crippen LogP contribution in [0.25, 0.3) is 0 Å². The first-order chi connectivity index (χ1) is 9.48. The van der Waals surface area contributed by atoms with Crippen molar-refractivity contribution in [3.63, 3.8) is 0 Å². The molecule has 0 spiro atoms. The van der Waals surface area contributed by atoms with E-state index >= 15 is 0 Å². The van der Waals surface area contributed by atoms with Gasteiger partial charge in [-0.05, 0) is 39.4 Å². The number of amidine groups is 1. The maximum atomic E-state index is 8.71. The molecule has 0 aromatic carbocycles. The number of likely N-dealkylation sites (N-methyl/N-ethyl adjacent to an activating group) is 2. The quantitative estimate of drug-likeness (QED) is 0.352. The highest BCUT2D eigenvalue weighted by Gasteiger charge is 2.40. The third-order valence-corrected chi connectivity index (χ3v) is 4.12. The predicted molar refractivity (Wildman–Crippen MR) is 78.1 cm³/mol. The highest BCUT2D eigenvalue weighted by atomic mass is 16.4. The van der Waals surface area contributed by atoms with Gasteiger partial charge in [-0.2, -0.15) is 0 Å². The summed E-state index contributed by atoms with van der Waals surface area (Å²) >= 11 is 0. The molecule has 2 rings (SSSR count). The van der Waals surface area contributed by atoms with Gasteiger partial charge in [0.2, 0.25) is 5.95 Å². The van der Waals surface area contributed by atoms with E-state index in [0.29, 0.717) is 11.6 Å². The van der Waals surface area contributed by atoms with Crippen LogP contribution in [0.15, 0.2) is 17.4 Å². The third kappa shape index (κ3) is 2.67. The lowest BCUT2D eigenvalue weighted by atomic mass is 9.75. The second kappa shape index (κ2) is 5.62. The van der Waals surface area contributed by atoms with Crippen LogP contribution >= 0.6 is 0 Å². The molecule has 0 amide bonds. The molecule has 0 bridgehead atoms. The molecule has 0 atom stereocenters. The summed E-state index contributed by atoms with van der Waals surface area (Å²) in [4.78, 5) is 12.9. The van der Waals surface area contributed by atoms with E-state index < -0.39 is 0 Å². The monoisotopic (exact) mass is 278 g/mol. The highest BCUT2D eigenvalue weighted by Crippen LogP contribution is 2.37. The van der Waals surface area contributed by atoms with Crippen molar-refractivity contribution < 1.29 is 5.21 Å². The lowest BCUT2D eigenvalue weighted by Gasteiger charge is -2.49. The molecule has 1 aromatic heterocycles. The molecule has 1 aromatic rings. The SMILES string of the molecule is CN(CC1(N(C)C)CCC1)c1nccc(/C(N)=N/O)n1. The number of nitrogens with zero attached hydrogens (tertiary/aromatic N) is 5. The Morgan fingerprint density at radius 3 is 2.65 bits per heavy atom. The maximum absolute atomic E-state index is 8.71. The van der Waals surface area contributed by atoms with Gasteiger partial charge < -0.3 is 20.7 Å². The molecule has 1 fully saturated rings. The van der Waals surface area contributed by atoms with Crippen LogP contribution in [0.3, 0.4) is 0 Å². The zero-order valence-corrected chi connectivity index (χ0v) is 12.2. The van der Waals surface area contributed by atoms with Crippen LogP contribution in [0, 0.1) is 0 Å². The molecule has 7 nitrogen and oxygen atoms in total. The minimum absolute atomic E-state index is 0.00647. The topological polar surface area (TPSA) is 90.9 Å². The molecular weight excluding hydrogens is 256 g/mol. The van der Waals surface area contributed by atoms with Crippen LogP contribution < -0.4 is 10.6 Å². The number of rotatable bonds is 5. The number of aromatic nitrogens is 2. The summed E-state index contributed by atoms with van der Waals surface area (Å²) in [5.41, 5.74) is 6.19. The Morgan fingerprint density at radius 1 is 1.45 bits per heavy atom. The fourth-order valence-electron chi connectivity index (χ4n) is 2.57. The first kappa shape index (κ1) is 14.5. The second-order valence-electron chi connectivity index (χ2n) is 5.56. The summed E-state index contributed by atoms with van der Waals surface area (Å²) < 4.78 is 0. The Morgan fingerprint density at radius 2 is 2.15 bits per heavy atom. The number of oxime groups is 1. The van der Waals surface area contributed by atoms with Crippen molar-refractivity contribution in [1.29, 1.82) is 0 Å². The molecule has 0 saturated heterocycles. The van der Waals surface area contributed by atoms with Crippen molar-refractivity contribution in [3.05, 3.63) is 18.0 Å². The molecule has 3 N–H and O–H groups in total. The second-order valence-corrected chi connectivity index (χ2v) is 5.56. The van der Waals surface area contributed by atoms with E-state index in [9.17, 15) is 0 Å². The van der Waals surface area contributed by atoms with E-state index in [0.717, 1.165) is 6.54 Å². The number of hydrogen-bond donors (Lipinski definition) is 2. The Hall–Kier alpha value is -1.89. The minimum Gasteiger partial charge on any atom is -0.409 e. The van der Waals surface area contributed by atoms with Gasteiger partial charge in [-0.25, -0.2) is 9.97 Å². The van der Waals surface area contributed by atoms with Crippen molar-refractivity contribution in [2.24, 2.45) is 10.9 Å². The summed E-state index contributed by atoms with van der Waals surface area (Å²) in [6.07, 6.45) is 5.25. The van der Waals surface area contributed by atoms with Crippen LogP contribution in [0.1, 0.15) is 25.0 Å². The Labute approximate surface area is 119 Å². The fourth-order valence-corrected chi connectivity index (χ4v) is 2.57. The van der Waals surface area contributed by atoms with Crippen molar-refractivity contribution in [2.45, 2.75) is 24.8 Å². The zero-order valence-electron chi connectivity index (χ0n) is 12.2. The van der Waals surface area contributed by atoms with Crippen LogP contribution in [0.4, 0.5) is 5.95 Å². The summed E-state index contributed by atoms with van der Waals surface area (Å²) in [5, 5.41) is 11.7. The Kier molecular flexibility index (Phi) is 4.08. The lowest BCUT2D eigenvalue weighted by Crippen LogP contribution is -2.57. The molecule has 7 heteroatoms. The first-order valence-electron chi connectivity index (χ1n) is 6.68. The molecule has 1 aliphatic carbocycles. The smallest absolute Gasteiger partial charge is 0.225 e. The summed E-state index contributed by atoms with van der Waals surface area (Å²) in [6, 6.07) is 1.62. The average Bonchev–Trinajstić information content (AvgIpc) is 2.41. The van der Waals surface area contributed by atoms with Crippen LogP contribution in [-0.4, -0.2) is 59.1 Å². The van der Waals surface area contributed by atoms with E-state index in [1.54, 1.807) is 12.3 Å². The van der Waals surface area contributed by atoms with Gasteiger partial charge in [0.25, 0.3) is 0 Å². The standard InChI is InChI=1S/C13H22N6O/c1-18(2)13(6-4-7-13)9-19(3)12-15-8-5-10(16-12)11(14)17-20/h5,8,20H,4,6-7,9H2,1-3H3,(H2,14,17). The summed E-state index contributed by atoms with van der Waals surface area (Å²) in [6.45, 7) is 0.861. The van der Waals surface area contributed by atoms with Gasteiger partial charge in [0, 0.05) is 25.3 Å². The van der Waals surface area contributed by atoms with E-state index in [4.69, 9.17) is 10.9 Å². The van der Waals surface area contributed by atoms with Crippen LogP contribution in [-0.2, 0) is 0 Å². The van der Waals surface area contributed by atoms with Crippen molar-refractivity contribution in [3.8, 4) is 0 Å². The first-order valence-corrected chi connectivity index (χ1v) is 6.68. The van der Waals surface area contributed by atoms with Crippen LogP contribution in [0.2, 0.25) is 0 Å². The lowest BCUT2D eigenvalue weighted by molar-refractivity contribution is 0.0680. The minimum atomic E-state index is -0.00647. The Balaban J connectivity index is 2.15. The molecule has 0 unspecified atom stereocenters. The third-order valence-electron chi connectivity index (χ3n) is 4.12. The molecule has 1 aliphatic rings. The zero-order chi connectivity index (χ0) is 14.8. The molecule has 0 aliphatic heterocycles. The van der Waals surface area contributed by atoms with Crippen molar-refractivity contribution in [2.75, 3.05) is 32.6 Å². The van der Waals surface area contributed by atoms with Crippen molar-refractivity contribution >= 4 is 11.8 Å². The highest BCUT2D eigenvalue weighted by molar-refractivity contribution is 5.95. The van der Waals surface area contributed by atoms with Gasteiger partial charge in [0.05, 0.1) is 0 Å². The van der Waals surface area contributed by atoms with Gasteiger partial charge in [-0.3, -0.25) is 0 Å². The van der Waals surface area contributed by atoms with Gasteiger partial charge in [-0.1, -0.05) is 5.16 Å². The van der Waals surface area contributed by atoms with Gasteiger partial charge in [0.1, 0.15) is 5.69 Å². The number of hydrogen-bond acceptors (Lipinski definition) is 6. The maximum Gasteiger partial charge on any atom is 0.225 e. The molecule has 110 valence electrons. The van der Waals surface area contributed by atoms with E-state index in [1.165, 1.54) is 19.3 Å². The fraction of sp³-hybridized carbons (Fsp3) is 0.615. The average molecular weight is 278 g/mol. The molecule has 0 radical (unpaired) electrons. The largest absolute Gasteiger partial charge is 0.409 e. The molecule has 1 saturated carbocycles. The van der Waals surface area contributed by atoms with Gasteiger partial charge in [-0.15, -0.1) is 0 Å². The molecule has 1 heterocycles. The van der Waals surface area contributed by atoms with Gasteiger partial charge >= 0.3 is 0 Å². The van der Waals surface area contributed by atoms with E-state index in [2.05, 4.69) is 34.1 Å². The van der Waals surface area contributed by atoms with E-state index in [-0.39, 0.29) is 11.4 Å². The normalized spacial score (nSPS) is 17.9. The van der Waals surface area contributed by atoms with Crippen molar-refractivity contribution in [1.82, 2.24) is 14.9 Å². The van der Waals surface area contributed by atoms with Gasteiger partial charge in [0.15, 0.2) is 5.84 Å². The van der Waals surface area contributed by atoms with Crippen LogP contribution in [0.5, 0.6) is 0 Å². The van der Waals surface area contributed by atoms with E-state index in [1.807, 2.05) is 11.9 Å². The predicted octanol–water partition coefficient (Wildman–Crippen LogP) is 0.492. The number of anilines is 1. The number of nitrogens with two attached hydrogens (primary N) is 1. The summed E-state index contributed by atoms with van der Waals surface area (Å²) in [7, 11) is 6.19. The summed E-state index contributed by atoms with van der Waals surface area (Å²) in [5.74, 6) is 0.579. The molecule has 20 heavy (non-hydrogen) atoms. The molecular formula is C13H22N6O. The Bertz CT molecular complexity index is 497.